The second-order valence-corrected chi connectivity index (χ2v) is 7.32. The first-order valence-electron chi connectivity index (χ1n) is 10.0. The maximum atomic E-state index is 12.5. The Hall–Kier alpha value is -2.03. The van der Waals surface area contributed by atoms with Gasteiger partial charge in [-0.2, -0.15) is 0 Å². The number of rotatable bonds is 7. The van der Waals surface area contributed by atoms with E-state index < -0.39 is 0 Å². The summed E-state index contributed by atoms with van der Waals surface area (Å²) >= 11 is 0. The van der Waals surface area contributed by atoms with Crippen LogP contribution in [0.2, 0.25) is 0 Å². The highest BCUT2D eigenvalue weighted by molar-refractivity contribution is 14.0. The molecule has 7 heteroatoms. The number of hydrogen-bond acceptors (Lipinski definition) is 2. The lowest BCUT2D eigenvalue weighted by Crippen LogP contribution is -2.39. The van der Waals surface area contributed by atoms with Crippen LogP contribution in [0.1, 0.15) is 36.6 Å². The number of carbonyl (C=O) groups is 1. The van der Waals surface area contributed by atoms with Crippen LogP contribution in [0, 0.1) is 0 Å². The van der Waals surface area contributed by atoms with Gasteiger partial charge in [0.2, 0.25) is 5.91 Å². The number of amides is 1. The number of aliphatic imine (C=N–C) groups is 1. The quantitative estimate of drug-likeness (QED) is 0.270. The molecule has 2 aromatic rings. The summed E-state index contributed by atoms with van der Waals surface area (Å²) in [6.45, 7) is 5.80. The van der Waals surface area contributed by atoms with Crippen molar-refractivity contribution in [1.82, 2.24) is 19.7 Å². The molecule has 1 aromatic carbocycles. The summed E-state index contributed by atoms with van der Waals surface area (Å²) in [6.07, 6.45) is 3.35. The molecular formula is C22H32IN5O. The van der Waals surface area contributed by atoms with Gasteiger partial charge in [-0.3, -0.25) is 9.79 Å². The fraction of sp³-hybridized carbons (Fsp3) is 0.455. The molecule has 2 heterocycles. The van der Waals surface area contributed by atoms with E-state index in [1.165, 1.54) is 16.8 Å². The van der Waals surface area contributed by atoms with Gasteiger partial charge in [-0.25, -0.2) is 0 Å². The molecule has 0 aliphatic carbocycles. The number of aromatic nitrogens is 1. The Morgan fingerprint density at radius 2 is 1.86 bits per heavy atom. The molecule has 0 saturated carbocycles. The standard InChI is InChI=1S/C22H31N5O.HI/c1-4-23-22(26(3)17-20-11-8-14-25(20)2)24-13-7-12-21(28)27-15-18-9-5-6-10-19(18)16-27;/h5-6,8-11,14H,4,7,12-13,15-17H2,1-3H3,(H,23,24);1H. The molecule has 0 unspecified atom stereocenters. The van der Waals surface area contributed by atoms with Gasteiger partial charge in [0.15, 0.2) is 5.96 Å². The van der Waals surface area contributed by atoms with Gasteiger partial charge in [-0.15, -0.1) is 24.0 Å². The smallest absolute Gasteiger partial charge is 0.223 e. The van der Waals surface area contributed by atoms with E-state index in [4.69, 9.17) is 4.99 Å². The summed E-state index contributed by atoms with van der Waals surface area (Å²) in [7, 11) is 4.09. The van der Waals surface area contributed by atoms with Crippen LogP contribution in [-0.4, -0.2) is 46.4 Å². The van der Waals surface area contributed by atoms with Crippen molar-refractivity contribution in [2.24, 2.45) is 12.0 Å². The van der Waals surface area contributed by atoms with E-state index in [0.29, 0.717) is 13.0 Å². The van der Waals surface area contributed by atoms with Crippen molar-refractivity contribution in [3.8, 4) is 0 Å². The Morgan fingerprint density at radius 1 is 1.17 bits per heavy atom. The number of halogens is 1. The summed E-state index contributed by atoms with van der Waals surface area (Å²) in [4.78, 5) is 21.3. The number of carbonyl (C=O) groups excluding carboxylic acids is 1. The number of benzene rings is 1. The summed E-state index contributed by atoms with van der Waals surface area (Å²) in [5, 5.41) is 3.34. The Labute approximate surface area is 191 Å². The predicted octanol–water partition coefficient (Wildman–Crippen LogP) is 3.36. The lowest BCUT2D eigenvalue weighted by atomic mass is 10.1. The van der Waals surface area contributed by atoms with Crippen LogP contribution in [0.3, 0.4) is 0 Å². The molecule has 1 aliphatic heterocycles. The first-order valence-corrected chi connectivity index (χ1v) is 10.0. The van der Waals surface area contributed by atoms with Crippen molar-refractivity contribution in [3.63, 3.8) is 0 Å². The van der Waals surface area contributed by atoms with Gasteiger partial charge in [0.05, 0.1) is 6.54 Å². The number of fused-ring (bicyclic) bond motifs is 1. The highest BCUT2D eigenvalue weighted by Crippen LogP contribution is 2.22. The molecule has 29 heavy (non-hydrogen) atoms. The Bertz CT molecular complexity index is 807. The van der Waals surface area contributed by atoms with Crippen molar-refractivity contribution in [2.75, 3.05) is 20.1 Å². The van der Waals surface area contributed by atoms with Crippen molar-refractivity contribution in [3.05, 3.63) is 59.4 Å². The van der Waals surface area contributed by atoms with Gasteiger partial charge >= 0.3 is 0 Å². The van der Waals surface area contributed by atoms with E-state index in [-0.39, 0.29) is 29.9 Å². The van der Waals surface area contributed by atoms with Gasteiger partial charge in [-0.05, 0) is 36.6 Å². The van der Waals surface area contributed by atoms with E-state index in [1.807, 2.05) is 24.1 Å². The molecule has 0 radical (unpaired) electrons. The molecule has 6 nitrogen and oxygen atoms in total. The lowest BCUT2D eigenvalue weighted by molar-refractivity contribution is -0.131. The molecular weight excluding hydrogens is 477 g/mol. The van der Waals surface area contributed by atoms with Gasteiger partial charge in [-0.1, -0.05) is 24.3 Å². The van der Waals surface area contributed by atoms with Crippen molar-refractivity contribution in [2.45, 2.75) is 39.4 Å². The lowest BCUT2D eigenvalue weighted by Gasteiger charge is -2.22. The normalized spacial score (nSPS) is 13.1. The van der Waals surface area contributed by atoms with Crippen LogP contribution in [-0.2, 0) is 31.5 Å². The second kappa shape index (κ2) is 11.2. The minimum absolute atomic E-state index is 0. The van der Waals surface area contributed by atoms with E-state index in [0.717, 1.165) is 38.6 Å². The maximum Gasteiger partial charge on any atom is 0.223 e. The van der Waals surface area contributed by atoms with Crippen molar-refractivity contribution >= 4 is 35.8 Å². The molecule has 0 fully saturated rings. The molecule has 0 bridgehead atoms. The van der Waals surface area contributed by atoms with Crippen molar-refractivity contribution < 1.29 is 4.79 Å². The van der Waals surface area contributed by atoms with E-state index in [2.05, 4.69) is 59.2 Å². The first kappa shape index (κ1) is 23.3. The molecule has 1 N–H and O–H groups in total. The molecule has 0 saturated heterocycles. The average Bonchev–Trinajstić information content (AvgIpc) is 3.30. The summed E-state index contributed by atoms with van der Waals surface area (Å²) in [5.41, 5.74) is 3.77. The summed E-state index contributed by atoms with van der Waals surface area (Å²) < 4.78 is 2.12. The third-order valence-electron chi connectivity index (χ3n) is 5.15. The largest absolute Gasteiger partial charge is 0.357 e. The van der Waals surface area contributed by atoms with E-state index >= 15 is 0 Å². The van der Waals surface area contributed by atoms with E-state index in [9.17, 15) is 4.79 Å². The maximum absolute atomic E-state index is 12.5. The van der Waals surface area contributed by atoms with Gasteiger partial charge < -0.3 is 19.7 Å². The summed E-state index contributed by atoms with van der Waals surface area (Å²) in [6, 6.07) is 12.5. The van der Waals surface area contributed by atoms with Crippen LogP contribution < -0.4 is 5.32 Å². The fourth-order valence-electron chi connectivity index (χ4n) is 3.53. The Balaban J connectivity index is 0.00000300. The minimum atomic E-state index is 0. The Kier molecular flexibility index (Phi) is 9.00. The number of nitrogens with one attached hydrogen (secondary N) is 1. The monoisotopic (exact) mass is 509 g/mol. The predicted molar refractivity (Wildman–Crippen MR) is 128 cm³/mol. The van der Waals surface area contributed by atoms with Gasteiger partial charge in [0.1, 0.15) is 0 Å². The molecule has 3 rings (SSSR count). The highest BCUT2D eigenvalue weighted by atomic mass is 127. The zero-order valence-electron chi connectivity index (χ0n) is 17.6. The SMILES string of the molecule is CCNC(=NCCCC(=O)N1Cc2ccccc2C1)N(C)Cc1cccn1C.I. The number of aryl methyl sites for hydroxylation is 1. The van der Waals surface area contributed by atoms with Crippen molar-refractivity contribution in [1.29, 1.82) is 0 Å². The van der Waals surface area contributed by atoms with E-state index in [1.54, 1.807) is 0 Å². The zero-order chi connectivity index (χ0) is 19.9. The van der Waals surface area contributed by atoms with Crippen LogP contribution in [0.4, 0.5) is 0 Å². The molecule has 0 atom stereocenters. The Morgan fingerprint density at radius 3 is 2.45 bits per heavy atom. The highest BCUT2D eigenvalue weighted by Gasteiger charge is 2.22. The second-order valence-electron chi connectivity index (χ2n) is 7.32. The summed E-state index contributed by atoms with van der Waals surface area (Å²) in [5.74, 6) is 1.10. The number of hydrogen-bond donors (Lipinski definition) is 1. The third-order valence-corrected chi connectivity index (χ3v) is 5.15. The molecule has 1 aromatic heterocycles. The third kappa shape index (κ3) is 6.22. The average molecular weight is 509 g/mol. The topological polar surface area (TPSA) is 52.9 Å². The molecule has 1 amide bonds. The first-order chi connectivity index (χ1) is 13.6. The van der Waals surface area contributed by atoms with Crippen LogP contribution in [0.5, 0.6) is 0 Å². The molecule has 0 spiro atoms. The molecule has 158 valence electrons. The molecule has 1 aliphatic rings. The van der Waals surface area contributed by atoms with Crippen LogP contribution >= 0.6 is 24.0 Å². The van der Waals surface area contributed by atoms with Gasteiger partial charge in [0.25, 0.3) is 0 Å². The van der Waals surface area contributed by atoms with Crippen LogP contribution in [0.15, 0.2) is 47.6 Å². The minimum Gasteiger partial charge on any atom is -0.357 e. The van der Waals surface area contributed by atoms with Gasteiger partial charge in [0, 0.05) is 58.6 Å². The number of nitrogens with zero attached hydrogens (tertiary/aromatic N) is 4. The fourth-order valence-corrected chi connectivity index (χ4v) is 3.53. The number of guanidine groups is 1. The zero-order valence-corrected chi connectivity index (χ0v) is 19.9. The van der Waals surface area contributed by atoms with Crippen LogP contribution in [0.25, 0.3) is 0 Å².